The second-order valence-electron chi connectivity index (χ2n) is 7.42. The normalized spacial score (nSPS) is 16.2. The van der Waals surface area contributed by atoms with Crippen molar-refractivity contribution in [2.24, 2.45) is 5.10 Å². The Kier molecular flexibility index (Phi) is 7.04. The lowest BCUT2D eigenvalue weighted by Gasteiger charge is -2.24. The zero-order valence-corrected chi connectivity index (χ0v) is 17.9. The van der Waals surface area contributed by atoms with Crippen LogP contribution in [0.1, 0.15) is 49.4 Å². The molecule has 154 valence electrons. The van der Waals surface area contributed by atoms with Crippen LogP contribution in [0.3, 0.4) is 0 Å². The van der Waals surface area contributed by atoms with Gasteiger partial charge in [0.05, 0.1) is 18.9 Å². The topological polar surface area (TPSA) is 45.1 Å². The van der Waals surface area contributed by atoms with Gasteiger partial charge in [-0.3, -0.25) is 4.79 Å². The van der Waals surface area contributed by atoms with E-state index in [0.717, 1.165) is 42.2 Å². The van der Waals surface area contributed by atoms with Crippen molar-refractivity contribution in [1.29, 1.82) is 0 Å². The zero-order chi connectivity index (χ0) is 20.8. The fourth-order valence-electron chi connectivity index (χ4n) is 3.65. The van der Waals surface area contributed by atoms with Crippen LogP contribution in [0.25, 0.3) is 0 Å². The molecule has 0 bridgehead atoms. The van der Waals surface area contributed by atoms with Crippen molar-refractivity contribution in [2.45, 2.75) is 39.7 Å². The smallest absolute Gasteiger partial charge is 0.244 e. The summed E-state index contributed by atoms with van der Waals surface area (Å²) in [6, 6.07) is 16.2. The quantitative estimate of drug-likeness (QED) is 0.667. The van der Waals surface area contributed by atoms with E-state index < -0.39 is 0 Å². The van der Waals surface area contributed by atoms with E-state index in [2.05, 4.69) is 49.9 Å². The largest absolute Gasteiger partial charge is 0.497 e. The molecule has 0 saturated heterocycles. The number of hydrogen-bond acceptors (Lipinski definition) is 4. The van der Waals surface area contributed by atoms with Crippen LogP contribution in [0.4, 0.5) is 0 Å². The number of rotatable bonds is 8. The molecule has 1 atom stereocenters. The molecule has 0 fully saturated rings. The highest BCUT2D eigenvalue weighted by Crippen LogP contribution is 2.34. The van der Waals surface area contributed by atoms with Crippen LogP contribution in [0.5, 0.6) is 5.75 Å². The van der Waals surface area contributed by atoms with E-state index in [0.29, 0.717) is 12.8 Å². The number of carbonyl (C=O) groups is 1. The molecule has 0 N–H and O–H groups in total. The third-order valence-corrected chi connectivity index (χ3v) is 5.59. The van der Waals surface area contributed by atoms with Crippen molar-refractivity contribution in [2.75, 3.05) is 26.7 Å². The lowest BCUT2D eigenvalue weighted by atomic mass is 9.98. The lowest BCUT2D eigenvalue weighted by Crippen LogP contribution is -2.32. The lowest BCUT2D eigenvalue weighted by molar-refractivity contribution is -0.133. The standard InChI is InChI=1S/C24H31N3O2/c1-5-26(6-2)16-15-24(28)27-23(20-11-13-21(29-4)14-12-20)17-22(25-27)19-9-7-18(3)8-10-19/h7-14,23H,5-6,15-17H2,1-4H3/t23-/m0/s1. The zero-order valence-electron chi connectivity index (χ0n) is 17.9. The van der Waals surface area contributed by atoms with Crippen molar-refractivity contribution < 1.29 is 9.53 Å². The second kappa shape index (κ2) is 9.70. The van der Waals surface area contributed by atoms with Crippen molar-refractivity contribution in [3.8, 4) is 5.75 Å². The highest BCUT2D eigenvalue weighted by Gasteiger charge is 2.33. The number of aryl methyl sites for hydroxylation is 1. The third-order valence-electron chi connectivity index (χ3n) is 5.59. The molecule has 5 nitrogen and oxygen atoms in total. The van der Waals surface area contributed by atoms with E-state index >= 15 is 0 Å². The summed E-state index contributed by atoms with van der Waals surface area (Å²) in [7, 11) is 1.66. The van der Waals surface area contributed by atoms with Gasteiger partial charge in [0, 0.05) is 19.4 Å². The van der Waals surface area contributed by atoms with Crippen LogP contribution >= 0.6 is 0 Å². The van der Waals surface area contributed by atoms with Gasteiger partial charge in [-0.25, -0.2) is 5.01 Å². The summed E-state index contributed by atoms with van der Waals surface area (Å²) in [6.45, 7) is 8.97. The minimum absolute atomic E-state index is 0.0693. The predicted molar refractivity (Wildman–Crippen MR) is 117 cm³/mol. The minimum Gasteiger partial charge on any atom is -0.497 e. The number of ether oxygens (including phenoxy) is 1. The van der Waals surface area contributed by atoms with Gasteiger partial charge in [0.25, 0.3) is 0 Å². The summed E-state index contributed by atoms with van der Waals surface area (Å²) >= 11 is 0. The summed E-state index contributed by atoms with van der Waals surface area (Å²) in [4.78, 5) is 15.4. The van der Waals surface area contributed by atoms with Crippen LogP contribution < -0.4 is 4.74 Å². The molecule has 3 rings (SSSR count). The molecule has 2 aromatic rings. The van der Waals surface area contributed by atoms with Crippen LogP contribution in [0.15, 0.2) is 53.6 Å². The highest BCUT2D eigenvalue weighted by molar-refractivity contribution is 6.03. The molecule has 1 aliphatic heterocycles. The van der Waals surface area contributed by atoms with Gasteiger partial charge in [0.2, 0.25) is 5.91 Å². The SMILES string of the molecule is CCN(CC)CCC(=O)N1N=C(c2ccc(C)cc2)C[C@H]1c1ccc(OC)cc1. The number of hydrogen-bond donors (Lipinski definition) is 0. The Bertz CT molecular complexity index is 839. The Hall–Kier alpha value is -2.66. The fraction of sp³-hybridized carbons (Fsp3) is 0.417. The Morgan fingerprint density at radius 2 is 1.76 bits per heavy atom. The third kappa shape index (κ3) is 5.04. The van der Waals surface area contributed by atoms with Crippen molar-refractivity contribution in [1.82, 2.24) is 9.91 Å². The summed E-state index contributed by atoms with van der Waals surface area (Å²) in [5.74, 6) is 0.880. The van der Waals surface area contributed by atoms with Gasteiger partial charge in [-0.05, 0) is 43.3 Å². The summed E-state index contributed by atoms with van der Waals surface area (Å²) in [5.41, 5.74) is 4.33. The van der Waals surface area contributed by atoms with Crippen molar-refractivity contribution >= 4 is 11.6 Å². The van der Waals surface area contributed by atoms with Crippen LogP contribution in [-0.2, 0) is 4.79 Å². The average Bonchev–Trinajstić information content (AvgIpc) is 3.20. The molecule has 2 aromatic carbocycles. The molecular weight excluding hydrogens is 362 g/mol. The molecule has 0 saturated carbocycles. The number of benzene rings is 2. The maximum Gasteiger partial charge on any atom is 0.244 e. The minimum atomic E-state index is -0.0820. The molecule has 29 heavy (non-hydrogen) atoms. The molecule has 0 aliphatic carbocycles. The average molecular weight is 394 g/mol. The first-order valence-electron chi connectivity index (χ1n) is 10.4. The van der Waals surface area contributed by atoms with Crippen LogP contribution in [-0.4, -0.2) is 48.3 Å². The summed E-state index contributed by atoms with van der Waals surface area (Å²) in [5, 5.41) is 6.46. The monoisotopic (exact) mass is 393 g/mol. The molecule has 1 amide bonds. The fourth-order valence-corrected chi connectivity index (χ4v) is 3.65. The molecule has 0 aromatic heterocycles. The van der Waals surface area contributed by atoms with Crippen LogP contribution in [0.2, 0.25) is 0 Å². The van der Waals surface area contributed by atoms with E-state index in [1.54, 1.807) is 12.1 Å². The first-order chi connectivity index (χ1) is 14.0. The van der Waals surface area contributed by atoms with Crippen molar-refractivity contribution in [3.63, 3.8) is 0 Å². The Morgan fingerprint density at radius 1 is 1.10 bits per heavy atom. The molecule has 1 heterocycles. The summed E-state index contributed by atoms with van der Waals surface area (Å²) in [6.07, 6.45) is 1.19. The molecule has 5 heteroatoms. The summed E-state index contributed by atoms with van der Waals surface area (Å²) < 4.78 is 5.28. The number of nitrogens with zero attached hydrogens (tertiary/aromatic N) is 3. The number of hydrazone groups is 1. The highest BCUT2D eigenvalue weighted by atomic mass is 16.5. The van der Waals surface area contributed by atoms with E-state index in [4.69, 9.17) is 9.84 Å². The molecular formula is C24H31N3O2. The number of carbonyl (C=O) groups excluding carboxylic acids is 1. The first-order valence-corrected chi connectivity index (χ1v) is 10.4. The van der Waals surface area contributed by atoms with Gasteiger partial charge in [0.15, 0.2) is 0 Å². The molecule has 1 aliphatic rings. The van der Waals surface area contributed by atoms with Gasteiger partial charge in [0.1, 0.15) is 5.75 Å². The van der Waals surface area contributed by atoms with Gasteiger partial charge in [-0.2, -0.15) is 5.10 Å². The van der Waals surface area contributed by atoms with E-state index in [1.165, 1.54) is 5.56 Å². The molecule has 0 unspecified atom stereocenters. The second-order valence-corrected chi connectivity index (χ2v) is 7.42. The van der Waals surface area contributed by atoms with E-state index in [-0.39, 0.29) is 11.9 Å². The van der Waals surface area contributed by atoms with Gasteiger partial charge < -0.3 is 9.64 Å². The molecule has 0 radical (unpaired) electrons. The van der Waals surface area contributed by atoms with Gasteiger partial charge in [-0.1, -0.05) is 55.8 Å². The predicted octanol–water partition coefficient (Wildman–Crippen LogP) is 4.41. The Balaban J connectivity index is 1.84. The maximum absolute atomic E-state index is 13.1. The number of methoxy groups -OCH3 is 1. The molecule has 0 spiro atoms. The number of amides is 1. The maximum atomic E-state index is 13.1. The van der Waals surface area contributed by atoms with Crippen LogP contribution in [0, 0.1) is 6.92 Å². The Labute approximate surface area is 174 Å². The first kappa shape index (κ1) is 21.1. The van der Waals surface area contributed by atoms with Gasteiger partial charge >= 0.3 is 0 Å². The van der Waals surface area contributed by atoms with E-state index in [1.807, 2.05) is 24.3 Å². The van der Waals surface area contributed by atoms with Crippen molar-refractivity contribution in [3.05, 3.63) is 65.2 Å². The Morgan fingerprint density at radius 3 is 2.34 bits per heavy atom. The van der Waals surface area contributed by atoms with Gasteiger partial charge in [-0.15, -0.1) is 0 Å². The van der Waals surface area contributed by atoms with E-state index in [9.17, 15) is 4.79 Å².